The molecule has 2 atom stereocenters. The minimum Gasteiger partial charge on any atom is -0.450 e. The first-order chi connectivity index (χ1) is 7.59. The Labute approximate surface area is 94.5 Å². The standard InChI is InChI=1S/C11H17NO4/c1-8(13)12-9-6-4-2-3-5-7-10(9)16-11(14)15/h5,7,9-10H,2-4,6H2,1H3,(H,12,13)(H,14,15). The van der Waals surface area contributed by atoms with Gasteiger partial charge in [-0.25, -0.2) is 4.79 Å². The van der Waals surface area contributed by atoms with E-state index < -0.39 is 12.3 Å². The predicted octanol–water partition coefficient (Wildman–Crippen LogP) is 1.68. The van der Waals surface area contributed by atoms with Crippen LogP contribution in [0.2, 0.25) is 0 Å². The normalized spacial score (nSPS) is 25.3. The Morgan fingerprint density at radius 1 is 1.44 bits per heavy atom. The monoisotopic (exact) mass is 227 g/mol. The number of hydrogen-bond donors (Lipinski definition) is 2. The van der Waals surface area contributed by atoms with Gasteiger partial charge in [0.2, 0.25) is 5.91 Å². The topological polar surface area (TPSA) is 75.6 Å². The number of nitrogens with one attached hydrogen (secondary N) is 1. The molecule has 0 spiro atoms. The summed E-state index contributed by atoms with van der Waals surface area (Å²) in [6.07, 6.45) is 5.39. The van der Waals surface area contributed by atoms with Crippen molar-refractivity contribution in [3.63, 3.8) is 0 Å². The molecule has 2 unspecified atom stereocenters. The summed E-state index contributed by atoms with van der Waals surface area (Å²) in [7, 11) is 0. The van der Waals surface area contributed by atoms with Gasteiger partial charge in [-0.1, -0.05) is 12.5 Å². The third kappa shape index (κ3) is 4.33. The van der Waals surface area contributed by atoms with E-state index in [4.69, 9.17) is 9.84 Å². The molecule has 1 aliphatic rings. The largest absolute Gasteiger partial charge is 0.506 e. The van der Waals surface area contributed by atoms with Crippen molar-refractivity contribution in [2.75, 3.05) is 0 Å². The van der Waals surface area contributed by atoms with Crippen LogP contribution in [0.25, 0.3) is 0 Å². The molecule has 0 radical (unpaired) electrons. The predicted molar refractivity (Wildman–Crippen MR) is 58.1 cm³/mol. The van der Waals surface area contributed by atoms with Crippen LogP contribution >= 0.6 is 0 Å². The van der Waals surface area contributed by atoms with E-state index in [0.29, 0.717) is 0 Å². The van der Waals surface area contributed by atoms with E-state index in [9.17, 15) is 9.59 Å². The van der Waals surface area contributed by atoms with Crippen LogP contribution < -0.4 is 5.32 Å². The van der Waals surface area contributed by atoms with Crippen molar-refractivity contribution < 1.29 is 19.4 Å². The van der Waals surface area contributed by atoms with Crippen LogP contribution in [0.5, 0.6) is 0 Å². The van der Waals surface area contributed by atoms with Crippen LogP contribution in [0.15, 0.2) is 12.2 Å². The number of carboxylic acid groups (broad SMARTS) is 1. The van der Waals surface area contributed by atoms with Crippen LogP contribution in [-0.4, -0.2) is 29.3 Å². The molecule has 0 aromatic carbocycles. The molecule has 5 nitrogen and oxygen atoms in total. The summed E-state index contributed by atoms with van der Waals surface area (Å²) in [5, 5.41) is 11.3. The minimum absolute atomic E-state index is 0.169. The van der Waals surface area contributed by atoms with E-state index in [2.05, 4.69) is 5.32 Å². The van der Waals surface area contributed by atoms with Gasteiger partial charge in [-0.05, 0) is 25.3 Å². The van der Waals surface area contributed by atoms with Gasteiger partial charge >= 0.3 is 6.16 Å². The lowest BCUT2D eigenvalue weighted by Crippen LogP contribution is -2.43. The van der Waals surface area contributed by atoms with E-state index in [1.165, 1.54) is 6.92 Å². The highest BCUT2D eigenvalue weighted by Gasteiger charge is 2.24. The van der Waals surface area contributed by atoms with Crippen molar-refractivity contribution in [1.82, 2.24) is 5.32 Å². The van der Waals surface area contributed by atoms with Gasteiger partial charge in [-0.15, -0.1) is 0 Å². The van der Waals surface area contributed by atoms with Gasteiger partial charge < -0.3 is 15.2 Å². The quantitative estimate of drug-likeness (QED) is 0.556. The van der Waals surface area contributed by atoms with Crippen molar-refractivity contribution in [2.45, 2.75) is 44.8 Å². The van der Waals surface area contributed by atoms with E-state index in [0.717, 1.165) is 25.7 Å². The fourth-order valence-electron chi connectivity index (χ4n) is 1.81. The fourth-order valence-corrected chi connectivity index (χ4v) is 1.81. The van der Waals surface area contributed by atoms with Gasteiger partial charge in [-0.3, -0.25) is 4.79 Å². The van der Waals surface area contributed by atoms with Gasteiger partial charge in [0.25, 0.3) is 0 Å². The average molecular weight is 227 g/mol. The first-order valence-corrected chi connectivity index (χ1v) is 5.43. The zero-order valence-corrected chi connectivity index (χ0v) is 9.31. The molecule has 2 N–H and O–H groups in total. The van der Waals surface area contributed by atoms with E-state index in [-0.39, 0.29) is 11.9 Å². The van der Waals surface area contributed by atoms with Gasteiger partial charge in [0.15, 0.2) is 0 Å². The second-order valence-electron chi connectivity index (χ2n) is 3.87. The Bertz CT molecular complexity index is 288. The molecule has 5 heteroatoms. The summed E-state index contributed by atoms with van der Waals surface area (Å²) in [5.41, 5.74) is 0. The molecule has 1 aliphatic carbocycles. The van der Waals surface area contributed by atoms with Gasteiger partial charge in [0, 0.05) is 6.92 Å². The van der Waals surface area contributed by atoms with Crippen molar-refractivity contribution in [2.24, 2.45) is 0 Å². The summed E-state index contributed by atoms with van der Waals surface area (Å²) < 4.78 is 4.76. The highest BCUT2D eigenvalue weighted by atomic mass is 16.7. The molecule has 90 valence electrons. The zero-order chi connectivity index (χ0) is 12.0. The molecule has 0 saturated heterocycles. The number of carbonyl (C=O) groups excluding carboxylic acids is 1. The lowest BCUT2D eigenvalue weighted by Gasteiger charge is -2.25. The van der Waals surface area contributed by atoms with Crippen molar-refractivity contribution in [3.05, 3.63) is 12.2 Å². The Morgan fingerprint density at radius 3 is 2.81 bits per heavy atom. The zero-order valence-electron chi connectivity index (χ0n) is 9.31. The third-order valence-corrected chi connectivity index (χ3v) is 2.48. The first-order valence-electron chi connectivity index (χ1n) is 5.43. The summed E-state index contributed by atoms with van der Waals surface area (Å²) in [6, 6.07) is -0.259. The van der Waals surface area contributed by atoms with Crippen LogP contribution in [0.1, 0.15) is 32.6 Å². The molecule has 0 aromatic heterocycles. The molecule has 1 rings (SSSR count). The molecule has 0 saturated carbocycles. The Hall–Kier alpha value is -1.52. The lowest BCUT2D eigenvalue weighted by atomic mass is 9.99. The number of ether oxygens (including phenoxy) is 1. The van der Waals surface area contributed by atoms with Gasteiger partial charge in [-0.2, -0.15) is 0 Å². The third-order valence-electron chi connectivity index (χ3n) is 2.48. The SMILES string of the molecule is CC(=O)NC1CCCCC=CC1OC(=O)O. The average Bonchev–Trinajstić information content (AvgIpc) is 2.15. The maximum absolute atomic E-state index is 11.0. The molecular weight excluding hydrogens is 210 g/mol. The number of amides is 1. The highest BCUT2D eigenvalue weighted by Crippen LogP contribution is 2.15. The lowest BCUT2D eigenvalue weighted by molar-refractivity contribution is -0.120. The van der Waals surface area contributed by atoms with E-state index in [1.54, 1.807) is 6.08 Å². The summed E-state index contributed by atoms with van der Waals surface area (Å²) in [6.45, 7) is 1.42. The Balaban J connectivity index is 2.69. The molecule has 0 fully saturated rings. The Morgan fingerprint density at radius 2 is 2.19 bits per heavy atom. The molecule has 16 heavy (non-hydrogen) atoms. The van der Waals surface area contributed by atoms with Crippen LogP contribution in [-0.2, 0) is 9.53 Å². The van der Waals surface area contributed by atoms with Gasteiger partial charge in [0.1, 0.15) is 6.10 Å². The smallest absolute Gasteiger partial charge is 0.450 e. The highest BCUT2D eigenvalue weighted by molar-refractivity contribution is 5.73. The number of allylic oxidation sites excluding steroid dienone is 1. The number of carbonyl (C=O) groups is 2. The molecule has 0 aliphatic heterocycles. The number of hydrogen-bond acceptors (Lipinski definition) is 3. The summed E-state index contributed by atoms with van der Waals surface area (Å²) in [4.78, 5) is 21.5. The molecule has 1 amide bonds. The van der Waals surface area contributed by atoms with Crippen LogP contribution in [0, 0.1) is 0 Å². The molecule has 0 heterocycles. The fraction of sp³-hybridized carbons (Fsp3) is 0.636. The second kappa shape index (κ2) is 6.15. The van der Waals surface area contributed by atoms with E-state index in [1.807, 2.05) is 6.08 Å². The summed E-state index contributed by atoms with van der Waals surface area (Å²) >= 11 is 0. The molecular formula is C11H17NO4. The van der Waals surface area contributed by atoms with Crippen LogP contribution in [0.3, 0.4) is 0 Å². The van der Waals surface area contributed by atoms with Crippen molar-refractivity contribution in [3.8, 4) is 0 Å². The maximum Gasteiger partial charge on any atom is 0.506 e. The van der Waals surface area contributed by atoms with Crippen LogP contribution in [0.4, 0.5) is 4.79 Å². The van der Waals surface area contributed by atoms with Crippen molar-refractivity contribution >= 4 is 12.1 Å². The minimum atomic E-state index is -1.31. The Kier molecular flexibility index (Phi) is 4.82. The maximum atomic E-state index is 11.0. The van der Waals surface area contributed by atoms with E-state index >= 15 is 0 Å². The summed E-state index contributed by atoms with van der Waals surface area (Å²) in [5.74, 6) is -0.169. The second-order valence-corrected chi connectivity index (χ2v) is 3.87. The van der Waals surface area contributed by atoms with Gasteiger partial charge in [0.05, 0.1) is 6.04 Å². The molecule has 0 aromatic rings. The van der Waals surface area contributed by atoms with Crippen molar-refractivity contribution in [1.29, 1.82) is 0 Å². The first kappa shape index (κ1) is 12.5. The molecule has 0 bridgehead atoms. The number of rotatable bonds is 2.